The number of hydrogen-bond donors (Lipinski definition) is 2. The van der Waals surface area contributed by atoms with Gasteiger partial charge in [-0.2, -0.15) is 0 Å². The fourth-order valence-corrected chi connectivity index (χ4v) is 2.53. The maximum atomic E-state index is 11.1. The largest absolute Gasteiger partial charge is 0.379 e. The lowest BCUT2D eigenvalue weighted by Gasteiger charge is -2.39. The lowest BCUT2D eigenvalue weighted by Crippen LogP contribution is -2.51. The van der Waals surface area contributed by atoms with Crippen LogP contribution in [-0.2, 0) is 4.79 Å². The number of rotatable bonds is 2. The highest BCUT2D eigenvalue weighted by atomic mass is 16.3. The third-order valence-corrected chi connectivity index (χ3v) is 3.17. The van der Waals surface area contributed by atoms with Crippen molar-refractivity contribution < 1.29 is 9.90 Å². The van der Waals surface area contributed by atoms with Gasteiger partial charge in [-0.3, -0.25) is 10.1 Å². The molecule has 4 atom stereocenters. The Morgan fingerprint density at radius 1 is 1.47 bits per heavy atom. The van der Waals surface area contributed by atoms with Gasteiger partial charge in [0.2, 0.25) is 0 Å². The second-order valence-electron chi connectivity index (χ2n) is 4.44. The second kappa shape index (κ2) is 4.29. The number of nitrogens with one attached hydrogen (secondary N) is 1. The maximum Gasteiger partial charge on any atom is 0.131 e. The molecule has 15 heavy (non-hydrogen) atoms. The van der Waals surface area contributed by atoms with Crippen molar-refractivity contribution in [2.45, 2.75) is 32.0 Å². The highest BCUT2D eigenvalue weighted by Gasteiger charge is 2.35. The number of hydrogen-bond acceptors (Lipinski definition) is 3. The van der Waals surface area contributed by atoms with E-state index in [0.717, 1.165) is 6.42 Å². The van der Waals surface area contributed by atoms with E-state index < -0.39 is 6.23 Å². The molecule has 0 aromatic carbocycles. The molecule has 0 bridgehead atoms. The molecular formula is C12H17NO2. The first-order valence-corrected chi connectivity index (χ1v) is 5.45. The number of carbonyl (C=O) groups excluding carboxylic acids is 1. The average molecular weight is 207 g/mol. The first-order valence-electron chi connectivity index (χ1n) is 5.45. The topological polar surface area (TPSA) is 49.3 Å². The number of aliphatic hydroxyl groups is 1. The third kappa shape index (κ3) is 2.36. The van der Waals surface area contributed by atoms with Crippen molar-refractivity contribution in [3.63, 3.8) is 0 Å². The van der Waals surface area contributed by atoms with E-state index in [1.807, 2.05) is 12.2 Å². The first kappa shape index (κ1) is 10.6. The Bertz CT molecular complexity index is 309. The van der Waals surface area contributed by atoms with Gasteiger partial charge in [0.1, 0.15) is 12.0 Å². The zero-order chi connectivity index (χ0) is 10.8. The van der Waals surface area contributed by atoms with Gasteiger partial charge < -0.3 is 5.11 Å². The molecule has 0 spiro atoms. The fraction of sp³-hybridized carbons (Fsp3) is 0.583. The van der Waals surface area contributed by atoms with E-state index >= 15 is 0 Å². The molecule has 1 aliphatic heterocycles. The van der Waals surface area contributed by atoms with Crippen LogP contribution in [0.15, 0.2) is 24.3 Å². The van der Waals surface area contributed by atoms with Crippen molar-refractivity contribution in [1.29, 1.82) is 0 Å². The van der Waals surface area contributed by atoms with Gasteiger partial charge in [-0.25, -0.2) is 0 Å². The molecule has 1 heterocycles. The third-order valence-electron chi connectivity index (χ3n) is 3.17. The summed E-state index contributed by atoms with van der Waals surface area (Å²) in [5.74, 6) is 0.890. The van der Waals surface area contributed by atoms with Gasteiger partial charge in [0, 0.05) is 12.5 Å². The number of allylic oxidation sites excluding steroid dienone is 3. The number of carbonyl (C=O) groups is 1. The summed E-state index contributed by atoms with van der Waals surface area (Å²) in [7, 11) is 0. The van der Waals surface area contributed by atoms with Crippen LogP contribution >= 0.6 is 0 Å². The molecule has 2 rings (SSSR count). The number of fused-ring (bicyclic) bond motifs is 1. The Morgan fingerprint density at radius 2 is 2.20 bits per heavy atom. The number of ketones is 1. The Labute approximate surface area is 89.9 Å². The quantitative estimate of drug-likeness (QED) is 0.710. The molecule has 0 amide bonds. The van der Waals surface area contributed by atoms with Crippen LogP contribution in [-0.4, -0.2) is 23.2 Å². The van der Waals surface area contributed by atoms with E-state index in [-0.39, 0.29) is 11.8 Å². The zero-order valence-electron chi connectivity index (χ0n) is 8.89. The molecule has 3 heteroatoms. The Morgan fingerprint density at radius 3 is 2.93 bits per heavy atom. The Kier molecular flexibility index (Phi) is 3.03. The van der Waals surface area contributed by atoms with Crippen molar-refractivity contribution >= 4 is 5.78 Å². The molecule has 3 nitrogen and oxygen atoms in total. The summed E-state index contributed by atoms with van der Waals surface area (Å²) in [5.41, 5.74) is 0. The highest BCUT2D eigenvalue weighted by molar-refractivity contribution is 5.76. The first-order chi connectivity index (χ1) is 7.16. The molecular weight excluding hydrogens is 190 g/mol. The molecule has 1 aliphatic carbocycles. The fourth-order valence-electron chi connectivity index (χ4n) is 2.53. The van der Waals surface area contributed by atoms with Crippen LogP contribution in [0.1, 0.15) is 19.8 Å². The van der Waals surface area contributed by atoms with E-state index in [2.05, 4.69) is 17.5 Å². The lowest BCUT2D eigenvalue weighted by molar-refractivity contribution is -0.118. The summed E-state index contributed by atoms with van der Waals surface area (Å²) in [4.78, 5) is 11.1. The van der Waals surface area contributed by atoms with Crippen molar-refractivity contribution in [3.8, 4) is 0 Å². The molecule has 1 fully saturated rings. The van der Waals surface area contributed by atoms with E-state index in [9.17, 15) is 9.90 Å². The van der Waals surface area contributed by atoms with Crippen LogP contribution in [0.4, 0.5) is 0 Å². The van der Waals surface area contributed by atoms with Gasteiger partial charge in [0.25, 0.3) is 0 Å². The van der Waals surface area contributed by atoms with Crippen molar-refractivity contribution in [2.24, 2.45) is 11.8 Å². The van der Waals surface area contributed by atoms with Crippen molar-refractivity contribution in [3.05, 3.63) is 24.3 Å². The molecule has 0 aromatic heterocycles. The predicted molar refractivity (Wildman–Crippen MR) is 58.1 cm³/mol. The molecule has 0 saturated carbocycles. The number of piperidine rings is 1. The molecule has 1 saturated heterocycles. The van der Waals surface area contributed by atoms with Crippen molar-refractivity contribution in [2.75, 3.05) is 0 Å². The average Bonchev–Trinajstić information content (AvgIpc) is 2.16. The standard InChI is InChI=1S/C12H17NO2/c1-8(14)6-11-10-5-3-2-4-9(10)7-12(15)13-11/h2-5,9-13,15H,6-7H2,1H3. The normalized spacial score (nSPS) is 38.8. The van der Waals surface area contributed by atoms with Crippen LogP contribution in [0.5, 0.6) is 0 Å². The minimum atomic E-state index is -0.480. The van der Waals surface area contributed by atoms with E-state index in [4.69, 9.17) is 0 Å². The Hall–Kier alpha value is -0.930. The minimum Gasteiger partial charge on any atom is -0.379 e. The van der Waals surface area contributed by atoms with Crippen molar-refractivity contribution in [1.82, 2.24) is 5.32 Å². The van der Waals surface area contributed by atoms with Gasteiger partial charge in [-0.1, -0.05) is 24.3 Å². The van der Waals surface area contributed by atoms with Crippen LogP contribution < -0.4 is 5.32 Å². The molecule has 4 unspecified atom stereocenters. The van der Waals surface area contributed by atoms with Crippen LogP contribution in [0.2, 0.25) is 0 Å². The van der Waals surface area contributed by atoms with Crippen LogP contribution in [0.25, 0.3) is 0 Å². The highest BCUT2D eigenvalue weighted by Crippen LogP contribution is 2.32. The predicted octanol–water partition coefficient (Wildman–Crippen LogP) is 1.00. The SMILES string of the molecule is CC(=O)CC1NC(O)CC2C=CC=CC21. The molecule has 2 N–H and O–H groups in total. The Balaban J connectivity index is 2.11. The van der Waals surface area contributed by atoms with Gasteiger partial charge in [-0.05, 0) is 25.2 Å². The molecule has 0 aromatic rings. The van der Waals surface area contributed by atoms with Gasteiger partial charge in [0.15, 0.2) is 0 Å². The molecule has 82 valence electrons. The molecule has 0 radical (unpaired) electrons. The summed E-state index contributed by atoms with van der Waals surface area (Å²) in [5, 5.41) is 12.7. The number of aliphatic hydroxyl groups excluding tert-OH is 1. The zero-order valence-corrected chi connectivity index (χ0v) is 8.89. The lowest BCUT2D eigenvalue weighted by atomic mass is 9.76. The number of Topliss-reactive ketones (excluding diaryl/α,β-unsaturated/α-hetero) is 1. The van der Waals surface area contributed by atoms with Gasteiger partial charge in [0.05, 0.1) is 0 Å². The van der Waals surface area contributed by atoms with Gasteiger partial charge in [-0.15, -0.1) is 0 Å². The summed E-state index contributed by atoms with van der Waals surface area (Å²) >= 11 is 0. The maximum absolute atomic E-state index is 11.1. The smallest absolute Gasteiger partial charge is 0.131 e. The van der Waals surface area contributed by atoms with E-state index in [1.165, 1.54) is 0 Å². The van der Waals surface area contributed by atoms with E-state index in [0.29, 0.717) is 18.3 Å². The molecule has 2 aliphatic rings. The van der Waals surface area contributed by atoms with Crippen LogP contribution in [0, 0.1) is 11.8 Å². The monoisotopic (exact) mass is 207 g/mol. The summed E-state index contributed by atoms with van der Waals surface area (Å²) in [6.45, 7) is 1.60. The summed E-state index contributed by atoms with van der Waals surface area (Å²) in [6.07, 6.45) is 9.05. The van der Waals surface area contributed by atoms with Gasteiger partial charge >= 0.3 is 0 Å². The minimum absolute atomic E-state index is 0.0810. The summed E-state index contributed by atoms with van der Waals surface area (Å²) in [6, 6.07) is 0.0810. The second-order valence-corrected chi connectivity index (χ2v) is 4.44. The van der Waals surface area contributed by atoms with E-state index in [1.54, 1.807) is 6.92 Å². The summed E-state index contributed by atoms with van der Waals surface area (Å²) < 4.78 is 0. The van der Waals surface area contributed by atoms with Crippen LogP contribution in [0.3, 0.4) is 0 Å².